The lowest BCUT2D eigenvalue weighted by atomic mass is 10.1. The summed E-state index contributed by atoms with van der Waals surface area (Å²) >= 11 is 1.27. The second-order valence-electron chi connectivity index (χ2n) is 5.72. The number of ether oxygens (including phenoxy) is 2. The van der Waals surface area contributed by atoms with Crippen LogP contribution in [0.2, 0.25) is 0 Å². The van der Waals surface area contributed by atoms with Crippen LogP contribution in [0, 0.1) is 0 Å². The molecule has 0 fully saturated rings. The molecule has 0 bridgehead atoms. The molecule has 1 heterocycles. The normalized spacial score (nSPS) is 11.4. The molecule has 1 aromatic heterocycles. The van der Waals surface area contributed by atoms with Crippen molar-refractivity contribution in [1.29, 1.82) is 0 Å². The Bertz CT molecular complexity index is 929. The number of hydrogen-bond donors (Lipinski definition) is 1. The van der Waals surface area contributed by atoms with Crippen molar-refractivity contribution in [3.63, 3.8) is 0 Å². The molecule has 0 spiro atoms. The number of nitrogens with zero attached hydrogens (tertiary/aromatic N) is 3. The van der Waals surface area contributed by atoms with Crippen molar-refractivity contribution < 1.29 is 22.6 Å². The molecule has 2 N–H and O–H groups in total. The van der Waals surface area contributed by atoms with E-state index in [1.54, 1.807) is 31.4 Å². The predicted molar refractivity (Wildman–Crippen MR) is 98.5 cm³/mol. The summed E-state index contributed by atoms with van der Waals surface area (Å²) in [6, 6.07) is 12.1. The highest BCUT2D eigenvalue weighted by atomic mass is 32.2. The molecule has 0 saturated heterocycles. The first kappa shape index (κ1) is 19.9. The largest absolute Gasteiger partial charge is 0.497 e. The minimum Gasteiger partial charge on any atom is -0.497 e. The third-order valence-electron chi connectivity index (χ3n) is 3.79. The highest BCUT2D eigenvalue weighted by Gasteiger charge is 2.29. The van der Waals surface area contributed by atoms with Gasteiger partial charge in [0.15, 0.2) is 5.82 Å². The molecule has 28 heavy (non-hydrogen) atoms. The zero-order valence-corrected chi connectivity index (χ0v) is 15.6. The van der Waals surface area contributed by atoms with Gasteiger partial charge in [-0.05, 0) is 29.8 Å². The summed E-state index contributed by atoms with van der Waals surface area (Å²) in [6.45, 7) is 0.109. The van der Waals surface area contributed by atoms with E-state index in [4.69, 9.17) is 15.3 Å². The number of nitrogens with two attached hydrogens (primary N) is 1. The second kappa shape index (κ2) is 8.42. The molecule has 6 nitrogen and oxygen atoms in total. The van der Waals surface area contributed by atoms with E-state index in [1.165, 1.54) is 28.6 Å². The molecule has 0 amide bonds. The van der Waals surface area contributed by atoms with Gasteiger partial charge in [-0.3, -0.25) is 0 Å². The molecule has 0 aliphatic rings. The third-order valence-corrected chi connectivity index (χ3v) is 4.81. The van der Waals surface area contributed by atoms with Crippen LogP contribution in [0.15, 0.2) is 53.7 Å². The highest BCUT2D eigenvalue weighted by Crippen LogP contribution is 2.30. The maximum absolute atomic E-state index is 12.6. The van der Waals surface area contributed by atoms with Gasteiger partial charge in [-0.1, -0.05) is 30.0 Å². The summed E-state index contributed by atoms with van der Waals surface area (Å²) in [5.41, 5.74) is 0.0374. The van der Waals surface area contributed by atoms with Gasteiger partial charge in [-0.2, -0.15) is 13.2 Å². The Balaban J connectivity index is 1.58. The topological polar surface area (TPSA) is 75.2 Å². The molecule has 0 atom stereocenters. The Morgan fingerprint density at radius 2 is 1.79 bits per heavy atom. The molecular weight excluding hydrogens is 393 g/mol. The van der Waals surface area contributed by atoms with Gasteiger partial charge >= 0.3 is 6.18 Å². The standard InChI is InChI=1S/C18H17F3N4O2S/c1-26-14-3-2-4-15(9-14)27-10-16-23-24-17(25(16)22)28-11-12-5-7-13(8-6-12)18(19,20)21/h2-9H,10-11,22H2,1H3. The summed E-state index contributed by atoms with van der Waals surface area (Å²) in [5.74, 6) is 8.07. The van der Waals surface area contributed by atoms with E-state index in [-0.39, 0.29) is 6.61 Å². The Labute approximate surface area is 163 Å². The Kier molecular flexibility index (Phi) is 5.98. The van der Waals surface area contributed by atoms with Crippen molar-refractivity contribution >= 4 is 11.8 Å². The fraction of sp³-hybridized carbons (Fsp3) is 0.222. The maximum Gasteiger partial charge on any atom is 0.416 e. The van der Waals surface area contributed by atoms with E-state index >= 15 is 0 Å². The van der Waals surface area contributed by atoms with Crippen molar-refractivity contribution in [2.75, 3.05) is 13.0 Å². The van der Waals surface area contributed by atoms with Crippen LogP contribution < -0.4 is 15.3 Å². The van der Waals surface area contributed by atoms with Crippen molar-refractivity contribution in [2.45, 2.75) is 23.7 Å². The molecule has 0 radical (unpaired) electrons. The molecule has 2 aromatic carbocycles. The van der Waals surface area contributed by atoms with Crippen molar-refractivity contribution in [1.82, 2.24) is 14.9 Å². The average molecular weight is 410 g/mol. The Hall–Kier alpha value is -2.88. The van der Waals surface area contributed by atoms with Crippen LogP contribution in [0.3, 0.4) is 0 Å². The number of thioether (sulfide) groups is 1. The first-order valence-corrected chi connectivity index (χ1v) is 9.10. The summed E-state index contributed by atoms with van der Waals surface area (Å²) < 4.78 is 49.9. The molecule has 148 valence electrons. The number of rotatable bonds is 7. The minimum atomic E-state index is -4.35. The molecular formula is C18H17F3N4O2S. The van der Waals surface area contributed by atoms with E-state index in [2.05, 4.69) is 10.2 Å². The van der Waals surface area contributed by atoms with Gasteiger partial charge < -0.3 is 15.3 Å². The highest BCUT2D eigenvalue weighted by molar-refractivity contribution is 7.98. The number of benzene rings is 2. The lowest BCUT2D eigenvalue weighted by molar-refractivity contribution is -0.137. The van der Waals surface area contributed by atoms with Crippen LogP contribution in [0.25, 0.3) is 0 Å². The number of halogens is 3. The summed E-state index contributed by atoms with van der Waals surface area (Å²) in [7, 11) is 1.57. The van der Waals surface area contributed by atoms with Gasteiger partial charge in [-0.25, -0.2) is 4.68 Å². The summed E-state index contributed by atoms with van der Waals surface area (Å²) in [5, 5.41) is 8.43. The van der Waals surface area contributed by atoms with Gasteiger partial charge in [-0.15, -0.1) is 10.2 Å². The van der Waals surface area contributed by atoms with Crippen LogP contribution >= 0.6 is 11.8 Å². The fourth-order valence-electron chi connectivity index (χ4n) is 2.28. The summed E-state index contributed by atoms with van der Waals surface area (Å²) in [4.78, 5) is 0. The third kappa shape index (κ3) is 4.89. The number of aromatic nitrogens is 3. The quantitative estimate of drug-likeness (QED) is 0.471. The lowest BCUT2D eigenvalue weighted by Gasteiger charge is -2.08. The molecule has 3 rings (SSSR count). The number of alkyl halides is 3. The lowest BCUT2D eigenvalue weighted by Crippen LogP contribution is -2.15. The van der Waals surface area contributed by atoms with E-state index < -0.39 is 11.7 Å². The monoisotopic (exact) mass is 410 g/mol. The van der Waals surface area contributed by atoms with Gasteiger partial charge in [0.25, 0.3) is 0 Å². The first-order valence-electron chi connectivity index (χ1n) is 8.12. The van der Waals surface area contributed by atoms with Crippen molar-refractivity contribution in [3.05, 3.63) is 65.5 Å². The van der Waals surface area contributed by atoms with Crippen molar-refractivity contribution in [3.8, 4) is 11.5 Å². The fourth-order valence-corrected chi connectivity index (χ4v) is 3.11. The van der Waals surface area contributed by atoms with Crippen LogP contribution in [-0.2, 0) is 18.5 Å². The predicted octanol–water partition coefficient (Wildman–Crippen LogP) is 3.89. The summed E-state index contributed by atoms with van der Waals surface area (Å²) in [6.07, 6.45) is -4.35. The number of nitrogen functional groups attached to an aromatic ring is 1. The maximum atomic E-state index is 12.6. The zero-order chi connectivity index (χ0) is 20.1. The van der Waals surface area contributed by atoms with Gasteiger partial charge in [0.05, 0.1) is 12.7 Å². The Morgan fingerprint density at radius 1 is 1.07 bits per heavy atom. The number of hydrogen-bond acceptors (Lipinski definition) is 6. The SMILES string of the molecule is COc1cccc(OCc2nnc(SCc3ccc(C(F)(F)F)cc3)n2N)c1. The van der Waals surface area contributed by atoms with E-state index in [0.717, 1.165) is 17.7 Å². The van der Waals surface area contributed by atoms with Gasteiger partial charge in [0, 0.05) is 11.8 Å². The van der Waals surface area contributed by atoms with Gasteiger partial charge in [0.1, 0.15) is 18.1 Å². The first-order chi connectivity index (χ1) is 13.4. The van der Waals surface area contributed by atoms with Gasteiger partial charge in [0.2, 0.25) is 5.16 Å². The minimum absolute atomic E-state index is 0.109. The van der Waals surface area contributed by atoms with E-state index in [0.29, 0.717) is 28.2 Å². The average Bonchev–Trinajstić information content (AvgIpc) is 3.04. The Morgan fingerprint density at radius 3 is 2.46 bits per heavy atom. The molecule has 0 aliphatic heterocycles. The molecule has 0 unspecified atom stereocenters. The van der Waals surface area contributed by atoms with Crippen LogP contribution in [0.4, 0.5) is 13.2 Å². The van der Waals surface area contributed by atoms with E-state index in [9.17, 15) is 13.2 Å². The number of methoxy groups -OCH3 is 1. The molecule has 10 heteroatoms. The second-order valence-corrected chi connectivity index (χ2v) is 6.66. The molecule has 0 aliphatic carbocycles. The zero-order valence-electron chi connectivity index (χ0n) is 14.8. The molecule has 0 saturated carbocycles. The van der Waals surface area contributed by atoms with Crippen molar-refractivity contribution in [2.24, 2.45) is 0 Å². The molecule has 3 aromatic rings. The van der Waals surface area contributed by atoms with Crippen LogP contribution in [0.1, 0.15) is 17.0 Å². The van der Waals surface area contributed by atoms with Crippen LogP contribution in [0.5, 0.6) is 11.5 Å². The van der Waals surface area contributed by atoms with Crippen LogP contribution in [-0.4, -0.2) is 22.0 Å². The van der Waals surface area contributed by atoms with E-state index in [1.807, 2.05) is 0 Å². The smallest absolute Gasteiger partial charge is 0.416 e.